The van der Waals surface area contributed by atoms with Crippen LogP contribution in [0.2, 0.25) is 0 Å². The molecule has 0 saturated heterocycles. The summed E-state index contributed by atoms with van der Waals surface area (Å²) in [5.41, 5.74) is 1.21. The molecule has 0 amide bonds. The van der Waals surface area contributed by atoms with Gasteiger partial charge in [0.1, 0.15) is 0 Å². The van der Waals surface area contributed by atoms with Crippen molar-refractivity contribution in [2.45, 2.75) is 12.8 Å². The van der Waals surface area contributed by atoms with E-state index in [4.69, 9.17) is 14.9 Å². The van der Waals surface area contributed by atoms with Gasteiger partial charge in [-0.15, -0.1) is 11.8 Å². The molecule has 22 heavy (non-hydrogen) atoms. The Labute approximate surface area is 158 Å². The third-order valence-corrected chi connectivity index (χ3v) is 4.63. The number of thioether (sulfide) groups is 1. The lowest BCUT2D eigenvalue weighted by molar-refractivity contribution is -0.385. The van der Waals surface area contributed by atoms with Gasteiger partial charge in [-0.05, 0) is 63.8 Å². The van der Waals surface area contributed by atoms with Crippen LogP contribution < -0.4 is 4.74 Å². The summed E-state index contributed by atoms with van der Waals surface area (Å²) in [5, 5.41) is 17.6. The maximum absolute atomic E-state index is 11.6. The largest absolute Gasteiger partial charge is 0.513 e. The second-order valence-corrected chi connectivity index (χ2v) is 7.19. The summed E-state index contributed by atoms with van der Waals surface area (Å²) in [7, 11) is 0. The molecule has 0 spiro atoms. The first-order valence-corrected chi connectivity index (χ1v) is 9.25. The Hall–Kier alpha value is -0.630. The highest BCUT2D eigenvalue weighted by atomic mass is 127. The maximum Gasteiger partial charge on any atom is 0.513 e. The highest BCUT2D eigenvalue weighted by Gasteiger charge is 2.18. The minimum atomic E-state index is -0.829. The molecule has 0 atom stereocenters. The third kappa shape index (κ3) is 6.64. The molecule has 0 bridgehead atoms. The summed E-state index contributed by atoms with van der Waals surface area (Å²) in [6, 6.07) is 2.67. The number of ether oxygens (including phenoxy) is 2. The van der Waals surface area contributed by atoms with Crippen LogP contribution in [0.4, 0.5) is 10.5 Å². The molecule has 0 radical (unpaired) electrons. The molecule has 120 valence electrons. The first kappa shape index (κ1) is 19.4. The average Bonchev–Trinajstić information content (AvgIpc) is 2.46. The number of nitro groups is 1. The minimum Gasteiger partial charge on any atom is -0.434 e. The van der Waals surface area contributed by atoms with Crippen molar-refractivity contribution in [3.05, 3.63) is 29.4 Å². The predicted octanol–water partition coefficient (Wildman–Crippen LogP) is 4.44. The van der Waals surface area contributed by atoms with Gasteiger partial charge in [0, 0.05) is 12.1 Å². The fourth-order valence-electron chi connectivity index (χ4n) is 1.36. The Morgan fingerprint density at radius 2 is 2.00 bits per heavy atom. The fraction of sp³-hybridized carbons (Fsp3) is 0.333. The lowest BCUT2D eigenvalue weighted by Gasteiger charge is -2.09. The Morgan fingerprint density at radius 3 is 2.55 bits per heavy atom. The van der Waals surface area contributed by atoms with Gasteiger partial charge in [0.05, 0.1) is 24.2 Å². The number of nitro benzene ring substituents is 1. The van der Waals surface area contributed by atoms with Gasteiger partial charge in [0.15, 0.2) is 5.75 Å². The predicted molar refractivity (Wildman–Crippen MR) is 101 cm³/mol. The van der Waals surface area contributed by atoms with E-state index in [0.717, 1.165) is 12.2 Å². The van der Waals surface area contributed by atoms with Gasteiger partial charge in [-0.1, -0.05) is 0 Å². The van der Waals surface area contributed by atoms with E-state index in [1.165, 1.54) is 29.4 Å². The number of nitrogens with one attached hydrogen (secondary N) is 1. The molecule has 1 N–H and O–H groups in total. The highest BCUT2D eigenvalue weighted by Crippen LogP contribution is 2.32. The summed E-state index contributed by atoms with van der Waals surface area (Å²) in [5.74, 6) is 1.07. The Balaban J connectivity index is 2.51. The maximum atomic E-state index is 11.6. The minimum absolute atomic E-state index is 0.0572. The molecule has 7 nitrogen and oxygen atoms in total. The number of rotatable bonds is 8. The van der Waals surface area contributed by atoms with Crippen LogP contribution in [-0.4, -0.2) is 29.0 Å². The normalized spacial score (nSPS) is 10.1. The number of nitrogens with zero attached hydrogens (tertiary/aromatic N) is 1. The summed E-state index contributed by atoms with van der Waals surface area (Å²) < 4.78 is 11.0. The SMILES string of the molecule is N=CSCCCCOC(=O)Oc1c(I)cc([N+](=O)[O-])cc1I. The Morgan fingerprint density at radius 1 is 1.36 bits per heavy atom. The second-order valence-electron chi connectivity index (χ2n) is 3.89. The van der Waals surface area contributed by atoms with Crippen molar-refractivity contribution in [3.63, 3.8) is 0 Å². The first-order chi connectivity index (χ1) is 10.5. The van der Waals surface area contributed by atoms with Crippen molar-refractivity contribution in [1.29, 1.82) is 5.41 Å². The van der Waals surface area contributed by atoms with Gasteiger partial charge < -0.3 is 14.9 Å². The van der Waals surface area contributed by atoms with Gasteiger partial charge in [-0.25, -0.2) is 4.79 Å². The molecule has 1 aromatic rings. The van der Waals surface area contributed by atoms with Crippen molar-refractivity contribution in [1.82, 2.24) is 0 Å². The highest BCUT2D eigenvalue weighted by molar-refractivity contribution is 14.1. The lowest BCUT2D eigenvalue weighted by atomic mass is 10.3. The van der Waals surface area contributed by atoms with Crippen LogP contribution in [0.25, 0.3) is 0 Å². The fourth-order valence-corrected chi connectivity index (χ4v) is 3.81. The second kappa shape index (κ2) is 10.2. The van der Waals surface area contributed by atoms with Crippen LogP contribution in [0.15, 0.2) is 12.1 Å². The summed E-state index contributed by atoms with van der Waals surface area (Å²) in [4.78, 5) is 21.8. The van der Waals surface area contributed by atoms with Gasteiger partial charge in [-0.3, -0.25) is 10.1 Å². The zero-order chi connectivity index (χ0) is 16.5. The molecular weight excluding hydrogens is 538 g/mol. The number of benzene rings is 1. The smallest absolute Gasteiger partial charge is 0.434 e. The molecule has 0 heterocycles. The van der Waals surface area contributed by atoms with Crippen LogP contribution in [0.3, 0.4) is 0 Å². The van der Waals surface area contributed by atoms with E-state index in [2.05, 4.69) is 0 Å². The Kier molecular flexibility index (Phi) is 9.00. The average molecular weight is 550 g/mol. The molecule has 0 aliphatic heterocycles. The van der Waals surface area contributed by atoms with Crippen molar-refractivity contribution in [2.24, 2.45) is 0 Å². The zero-order valence-corrected chi connectivity index (χ0v) is 16.3. The number of hydrogen-bond acceptors (Lipinski definition) is 7. The van der Waals surface area contributed by atoms with Gasteiger partial charge >= 0.3 is 6.16 Å². The van der Waals surface area contributed by atoms with E-state index in [-0.39, 0.29) is 18.0 Å². The first-order valence-electron chi connectivity index (χ1n) is 6.04. The number of halogens is 2. The van der Waals surface area contributed by atoms with Crippen molar-refractivity contribution < 1.29 is 19.2 Å². The van der Waals surface area contributed by atoms with E-state index >= 15 is 0 Å². The van der Waals surface area contributed by atoms with E-state index in [1.54, 1.807) is 0 Å². The van der Waals surface area contributed by atoms with Gasteiger partial charge in [0.25, 0.3) is 5.69 Å². The van der Waals surface area contributed by atoms with Crippen LogP contribution >= 0.6 is 56.9 Å². The molecule has 1 rings (SSSR count). The summed E-state index contributed by atoms with van der Waals surface area (Å²) in [6.07, 6.45) is 0.689. The molecule has 0 aromatic heterocycles. The van der Waals surface area contributed by atoms with Crippen LogP contribution in [0, 0.1) is 22.7 Å². The molecule has 0 fully saturated rings. The lowest BCUT2D eigenvalue weighted by Crippen LogP contribution is -2.13. The molecule has 0 aliphatic rings. The van der Waals surface area contributed by atoms with Crippen LogP contribution in [-0.2, 0) is 4.74 Å². The third-order valence-electron chi connectivity index (χ3n) is 2.34. The number of unbranched alkanes of at least 4 members (excludes halogenated alkanes) is 1. The van der Waals surface area contributed by atoms with Gasteiger partial charge in [-0.2, -0.15) is 0 Å². The van der Waals surface area contributed by atoms with Crippen molar-refractivity contribution in [2.75, 3.05) is 12.4 Å². The quantitative estimate of drug-likeness (QED) is 0.0751. The van der Waals surface area contributed by atoms with E-state index < -0.39 is 11.1 Å². The van der Waals surface area contributed by atoms with E-state index in [9.17, 15) is 14.9 Å². The molecule has 0 aliphatic carbocycles. The molecular formula is C12H12I2N2O5S. The topological polar surface area (TPSA) is 103 Å². The number of non-ortho nitro benzene ring substituents is 1. The molecule has 0 saturated carbocycles. The molecule has 10 heteroatoms. The van der Waals surface area contributed by atoms with Crippen LogP contribution in [0.1, 0.15) is 12.8 Å². The molecule has 1 aromatic carbocycles. The molecule has 0 unspecified atom stereocenters. The number of carbonyl (C=O) groups excluding carboxylic acids is 1. The summed E-state index contributed by atoms with van der Waals surface area (Å²) >= 11 is 5.14. The number of carbonyl (C=O) groups is 1. The van der Waals surface area contributed by atoms with Crippen LogP contribution in [0.5, 0.6) is 5.75 Å². The zero-order valence-electron chi connectivity index (χ0n) is 11.2. The monoisotopic (exact) mass is 550 g/mol. The summed E-state index contributed by atoms with van der Waals surface area (Å²) in [6.45, 7) is 0.234. The standard InChI is InChI=1S/C12H12I2N2O5S/c13-9-5-8(16(18)19)6-10(14)11(9)21-12(17)20-3-1-2-4-22-7-15/h5-7,15H,1-4H2. The van der Waals surface area contributed by atoms with E-state index in [1.807, 2.05) is 45.2 Å². The van der Waals surface area contributed by atoms with Crippen molar-refractivity contribution in [3.8, 4) is 5.75 Å². The van der Waals surface area contributed by atoms with E-state index in [0.29, 0.717) is 13.6 Å². The van der Waals surface area contributed by atoms with Gasteiger partial charge in [0.2, 0.25) is 0 Å². The Bertz CT molecular complexity index is 547. The van der Waals surface area contributed by atoms with Crippen molar-refractivity contribution >= 4 is 74.3 Å². The number of hydrogen-bond donors (Lipinski definition) is 1.